The fourth-order valence-corrected chi connectivity index (χ4v) is 5.67. The Morgan fingerprint density at radius 3 is 2.76 bits per heavy atom. The van der Waals surface area contributed by atoms with Crippen LogP contribution in [0.3, 0.4) is 0 Å². The van der Waals surface area contributed by atoms with Crippen molar-refractivity contribution in [1.29, 1.82) is 0 Å². The highest BCUT2D eigenvalue weighted by Gasteiger charge is 2.29. The average molecular weight is 528 g/mol. The lowest BCUT2D eigenvalue weighted by Crippen LogP contribution is -2.46. The number of fused-ring (bicyclic) bond motifs is 6. The van der Waals surface area contributed by atoms with Gasteiger partial charge in [-0.2, -0.15) is 0 Å². The molecule has 4 aromatic rings. The van der Waals surface area contributed by atoms with Crippen LogP contribution in [0, 0.1) is 18.7 Å². The number of hydrogen-bond donors (Lipinski definition) is 1. The molecule has 1 aliphatic carbocycles. The number of aryl methyl sites for hydroxylation is 2. The number of hydrogen-bond acceptors (Lipinski definition) is 4. The maximum atomic E-state index is 13.9. The number of nitrogens with one attached hydrogen (secondary N) is 1. The van der Waals surface area contributed by atoms with E-state index in [9.17, 15) is 4.39 Å². The van der Waals surface area contributed by atoms with Gasteiger partial charge in [0, 0.05) is 46.8 Å². The van der Waals surface area contributed by atoms with E-state index in [0.29, 0.717) is 18.6 Å². The van der Waals surface area contributed by atoms with E-state index in [-0.39, 0.29) is 29.8 Å². The summed E-state index contributed by atoms with van der Waals surface area (Å²) in [7, 11) is 0. The van der Waals surface area contributed by atoms with Crippen LogP contribution in [0.25, 0.3) is 21.8 Å². The minimum Gasteiger partial charge on any atom is -0.486 e. The van der Waals surface area contributed by atoms with Crippen molar-refractivity contribution in [2.75, 3.05) is 19.7 Å². The summed E-state index contributed by atoms with van der Waals surface area (Å²) in [5.41, 5.74) is 5.53. The monoisotopic (exact) mass is 527 g/mol. The molecule has 0 saturated heterocycles. The molecule has 6 rings (SSSR count). The van der Waals surface area contributed by atoms with Crippen LogP contribution in [0.2, 0.25) is 0 Å². The molecular formula is C29H35ClFN3O3. The quantitative estimate of drug-likeness (QED) is 0.376. The maximum Gasteiger partial charge on any atom is 0.171 e. The van der Waals surface area contributed by atoms with Crippen molar-refractivity contribution in [3.05, 3.63) is 65.2 Å². The Bertz CT molecular complexity index is 1410. The lowest BCUT2D eigenvalue weighted by atomic mass is 9.85. The van der Waals surface area contributed by atoms with Crippen molar-refractivity contribution in [3.63, 3.8) is 0 Å². The fourth-order valence-electron chi connectivity index (χ4n) is 5.67. The van der Waals surface area contributed by atoms with Crippen LogP contribution in [0.5, 0.6) is 11.5 Å². The Hall–Kier alpha value is -2.87. The van der Waals surface area contributed by atoms with Crippen LogP contribution >= 0.6 is 12.4 Å². The first-order valence-electron chi connectivity index (χ1n) is 12.7. The van der Waals surface area contributed by atoms with Gasteiger partial charge in [0.1, 0.15) is 18.5 Å². The zero-order chi connectivity index (χ0) is 24.1. The highest BCUT2D eigenvalue weighted by molar-refractivity contribution is 5.88. The van der Waals surface area contributed by atoms with Crippen molar-refractivity contribution >= 4 is 34.2 Å². The zero-order valence-corrected chi connectivity index (χ0v) is 22.3. The lowest BCUT2D eigenvalue weighted by molar-refractivity contribution is 0.0444. The van der Waals surface area contributed by atoms with Crippen LogP contribution in [-0.2, 0) is 12.8 Å². The van der Waals surface area contributed by atoms with E-state index in [1.54, 1.807) is 6.07 Å². The smallest absolute Gasteiger partial charge is 0.171 e. The summed E-state index contributed by atoms with van der Waals surface area (Å²) in [4.78, 5) is 10.7. The van der Waals surface area contributed by atoms with E-state index in [1.165, 1.54) is 17.3 Å². The highest BCUT2D eigenvalue weighted by Crippen LogP contribution is 2.39. The molecule has 8 heteroatoms. The third-order valence-corrected chi connectivity index (χ3v) is 7.55. The molecule has 0 amide bonds. The van der Waals surface area contributed by atoms with Crippen molar-refractivity contribution in [1.82, 2.24) is 14.9 Å². The summed E-state index contributed by atoms with van der Waals surface area (Å²) < 4.78 is 26.6. The third-order valence-electron chi connectivity index (χ3n) is 7.55. The van der Waals surface area contributed by atoms with Gasteiger partial charge in [-0.15, -0.1) is 12.4 Å². The Labute approximate surface area is 222 Å². The molecule has 37 heavy (non-hydrogen) atoms. The second-order valence-corrected chi connectivity index (χ2v) is 10.4. The van der Waals surface area contributed by atoms with Gasteiger partial charge in [0.05, 0.1) is 5.52 Å². The second kappa shape index (κ2) is 10.9. The molecule has 0 saturated carbocycles. The molecule has 198 valence electrons. The van der Waals surface area contributed by atoms with E-state index in [0.717, 1.165) is 71.4 Å². The van der Waals surface area contributed by atoms with E-state index in [1.807, 2.05) is 31.2 Å². The summed E-state index contributed by atoms with van der Waals surface area (Å²) in [6.45, 7) is 8.82. The van der Waals surface area contributed by atoms with Crippen LogP contribution in [0.4, 0.5) is 4.39 Å². The number of pyridine rings is 1. The van der Waals surface area contributed by atoms with Crippen molar-refractivity contribution < 1.29 is 19.3 Å². The number of H-pyrrole nitrogens is 1. The first-order chi connectivity index (χ1) is 16.9. The predicted octanol–water partition coefficient (Wildman–Crippen LogP) is 5.42. The Morgan fingerprint density at radius 1 is 1.11 bits per heavy atom. The summed E-state index contributed by atoms with van der Waals surface area (Å²) in [6, 6.07) is 13.5. The van der Waals surface area contributed by atoms with Gasteiger partial charge in [0.2, 0.25) is 0 Å². The molecule has 3 heterocycles. The standard InChI is InChI=1S/C29H32FN3O2.ClH.H2O/c1-17(2)33(14-19-5-8-26-23(12-19)24-13-20(30)6-9-27(24)32-26)15-21-16-34-28-11-10-25-22(29(28)35-21)7-4-18(3)31-25;;/h4,6-7,9-11,13,17,19,21,32H,5,8,12,14-16H2,1-3H3;1H;1H2/t19-,21+;;/m1../s1. The number of aromatic nitrogens is 2. The molecule has 3 N–H and O–H groups in total. The van der Waals surface area contributed by atoms with Gasteiger partial charge in [0.25, 0.3) is 0 Å². The van der Waals surface area contributed by atoms with Gasteiger partial charge in [0.15, 0.2) is 11.5 Å². The summed E-state index contributed by atoms with van der Waals surface area (Å²) in [6.07, 6.45) is 3.07. The summed E-state index contributed by atoms with van der Waals surface area (Å²) in [5.74, 6) is 1.95. The number of ether oxygens (including phenoxy) is 2. The van der Waals surface area contributed by atoms with Crippen molar-refractivity contribution in [3.8, 4) is 11.5 Å². The molecule has 2 aromatic carbocycles. The lowest BCUT2D eigenvalue weighted by Gasteiger charge is -2.36. The SMILES string of the molecule is Cc1ccc2c3c(ccc2n1)OC[C@H](CN(C[C@@H]1CCc2[nH]c4ccc(F)cc4c2C1)C(C)C)O3.Cl.O. The molecule has 2 aromatic heterocycles. The van der Waals surface area contributed by atoms with Crippen molar-refractivity contribution in [2.24, 2.45) is 5.92 Å². The van der Waals surface area contributed by atoms with Gasteiger partial charge >= 0.3 is 0 Å². The number of halogens is 2. The molecule has 6 nitrogen and oxygen atoms in total. The maximum absolute atomic E-state index is 13.9. The molecule has 2 atom stereocenters. The Morgan fingerprint density at radius 2 is 1.95 bits per heavy atom. The fraction of sp³-hybridized carbons (Fsp3) is 0.414. The normalized spacial score (nSPS) is 18.5. The van der Waals surface area contributed by atoms with Gasteiger partial charge in [-0.3, -0.25) is 9.88 Å². The average Bonchev–Trinajstić information content (AvgIpc) is 3.20. The first-order valence-corrected chi connectivity index (χ1v) is 12.7. The molecule has 0 unspecified atom stereocenters. The third kappa shape index (κ3) is 5.26. The van der Waals surface area contributed by atoms with Gasteiger partial charge in [-0.25, -0.2) is 4.39 Å². The number of rotatable bonds is 5. The van der Waals surface area contributed by atoms with E-state index < -0.39 is 0 Å². The molecule has 0 radical (unpaired) electrons. The Balaban J connectivity index is 0.00000160. The topological polar surface area (TPSA) is 81.9 Å². The van der Waals surface area contributed by atoms with Gasteiger partial charge in [-0.05, 0) is 94.0 Å². The number of nitrogens with zero attached hydrogens (tertiary/aromatic N) is 2. The molecular weight excluding hydrogens is 493 g/mol. The van der Waals surface area contributed by atoms with Crippen LogP contribution in [0.1, 0.15) is 37.2 Å². The largest absolute Gasteiger partial charge is 0.486 e. The Kier molecular flexibility index (Phi) is 7.97. The second-order valence-electron chi connectivity index (χ2n) is 10.4. The van der Waals surface area contributed by atoms with Crippen LogP contribution in [0.15, 0.2) is 42.5 Å². The van der Waals surface area contributed by atoms with Crippen LogP contribution < -0.4 is 9.47 Å². The highest BCUT2D eigenvalue weighted by atomic mass is 35.5. The minimum atomic E-state index is -0.169. The van der Waals surface area contributed by atoms with Gasteiger partial charge in [-0.1, -0.05) is 0 Å². The minimum absolute atomic E-state index is 0. The molecule has 1 aliphatic heterocycles. The van der Waals surface area contributed by atoms with E-state index in [2.05, 4.69) is 34.8 Å². The zero-order valence-electron chi connectivity index (χ0n) is 21.5. The van der Waals surface area contributed by atoms with E-state index >= 15 is 0 Å². The first kappa shape index (κ1) is 27.2. The summed E-state index contributed by atoms with van der Waals surface area (Å²) in [5, 5.41) is 2.04. The summed E-state index contributed by atoms with van der Waals surface area (Å²) >= 11 is 0. The number of benzene rings is 2. The predicted molar refractivity (Wildman–Crippen MR) is 148 cm³/mol. The molecule has 0 fully saturated rings. The molecule has 2 aliphatic rings. The van der Waals surface area contributed by atoms with E-state index in [4.69, 9.17) is 9.47 Å². The molecule has 0 bridgehead atoms. The van der Waals surface area contributed by atoms with Crippen LogP contribution in [-0.4, -0.2) is 52.2 Å². The van der Waals surface area contributed by atoms with Crippen molar-refractivity contribution in [2.45, 2.75) is 52.2 Å². The molecule has 0 spiro atoms. The number of aromatic amines is 1. The van der Waals surface area contributed by atoms with Gasteiger partial charge < -0.3 is 19.9 Å².